The molecule has 2 amide bonds. The van der Waals surface area contributed by atoms with Gasteiger partial charge in [-0.1, -0.05) is 59.0 Å². The standard InChI is InChI=1S/C26H27NO5.C11H19N3O2.C7H13N3O/c1-4-27-24(29)22-21-16-9-5-7-11-18(16)26(23(22)25(27)30,19-12-8-6-10-17(19)21)14-32-20(28)13-31-15(2)3;1-9(2)16-11(15)6-4-5-7-14-8-10(3)12-13-14;1-6(2)11-5-7-4-10(3)9-8-7/h5-12,15,21-23H,4,13-14H2,1-3H3;8-9H,4-7H2,1-3H3;4,6H,5H2,1-3H3. The van der Waals surface area contributed by atoms with Crippen LogP contribution in [0.1, 0.15) is 107 Å². The maximum absolute atomic E-state index is 13.6. The molecule has 0 N–H and O–H groups in total. The third kappa shape index (κ3) is 10.5. The van der Waals surface area contributed by atoms with Crippen molar-refractivity contribution < 1.29 is 38.1 Å². The number of carbonyl (C=O) groups is 4. The normalized spacial score (nSPS) is 19.8. The fourth-order valence-corrected chi connectivity index (χ4v) is 8.10. The third-order valence-corrected chi connectivity index (χ3v) is 10.5. The van der Waals surface area contributed by atoms with Crippen LogP contribution >= 0.6 is 0 Å². The van der Waals surface area contributed by atoms with Crippen LogP contribution in [-0.2, 0) is 63.7 Å². The molecule has 0 spiro atoms. The molecule has 2 aromatic heterocycles. The molecule has 2 unspecified atom stereocenters. The van der Waals surface area contributed by atoms with E-state index in [4.69, 9.17) is 18.9 Å². The zero-order chi connectivity index (χ0) is 42.9. The maximum atomic E-state index is 13.6. The average Bonchev–Trinajstić information content (AvgIpc) is 3.90. The summed E-state index contributed by atoms with van der Waals surface area (Å²) in [5.74, 6) is -2.16. The molecular formula is C44H59N7O8. The lowest BCUT2D eigenvalue weighted by Crippen LogP contribution is -2.56. The van der Waals surface area contributed by atoms with Crippen LogP contribution in [0.15, 0.2) is 60.9 Å². The molecule has 4 aliphatic rings. The highest BCUT2D eigenvalue weighted by molar-refractivity contribution is 6.08. The van der Waals surface area contributed by atoms with Crippen molar-refractivity contribution in [2.24, 2.45) is 18.9 Å². The molecular weight excluding hydrogens is 755 g/mol. The van der Waals surface area contributed by atoms with Gasteiger partial charge in [-0.3, -0.25) is 28.6 Å². The van der Waals surface area contributed by atoms with E-state index in [9.17, 15) is 19.2 Å². The van der Waals surface area contributed by atoms with Gasteiger partial charge in [0, 0.05) is 38.7 Å². The number of likely N-dealkylation sites (tertiary alicyclic amines) is 1. The summed E-state index contributed by atoms with van der Waals surface area (Å²) in [5, 5.41) is 15.5. The van der Waals surface area contributed by atoms with Crippen molar-refractivity contribution in [1.82, 2.24) is 34.9 Å². The lowest BCUT2D eigenvalue weighted by atomic mass is 9.47. The van der Waals surface area contributed by atoms with Crippen LogP contribution in [0.25, 0.3) is 0 Å². The monoisotopic (exact) mass is 813 g/mol. The van der Waals surface area contributed by atoms with Gasteiger partial charge in [0.1, 0.15) is 18.9 Å². The van der Waals surface area contributed by atoms with E-state index in [-0.39, 0.29) is 55.2 Å². The molecule has 3 aliphatic carbocycles. The first-order chi connectivity index (χ1) is 28.2. The Morgan fingerprint density at radius 2 is 1.44 bits per heavy atom. The van der Waals surface area contributed by atoms with Gasteiger partial charge in [0.05, 0.1) is 54.1 Å². The number of ether oxygens (including phenoxy) is 4. The molecule has 2 aromatic carbocycles. The number of esters is 2. The highest BCUT2D eigenvalue weighted by Crippen LogP contribution is 2.64. The molecule has 15 nitrogen and oxygen atoms in total. The molecule has 59 heavy (non-hydrogen) atoms. The second kappa shape index (κ2) is 20.1. The topological polar surface area (TPSA) is 170 Å². The summed E-state index contributed by atoms with van der Waals surface area (Å²) in [6.07, 6.45) is 6.09. The molecule has 1 aliphatic heterocycles. The first-order valence-electron chi connectivity index (χ1n) is 20.5. The summed E-state index contributed by atoms with van der Waals surface area (Å²) in [6.45, 7) is 16.7. The van der Waals surface area contributed by atoms with Crippen LogP contribution in [0.4, 0.5) is 0 Å². The molecule has 8 rings (SSSR count). The van der Waals surface area contributed by atoms with E-state index < -0.39 is 23.2 Å². The van der Waals surface area contributed by atoms with Gasteiger partial charge in [-0.05, 0) is 90.5 Å². The van der Waals surface area contributed by atoms with Crippen molar-refractivity contribution in [2.75, 3.05) is 19.8 Å². The van der Waals surface area contributed by atoms with E-state index in [0.717, 1.165) is 53.0 Å². The minimum Gasteiger partial charge on any atom is -0.463 e. The van der Waals surface area contributed by atoms with Crippen LogP contribution < -0.4 is 0 Å². The van der Waals surface area contributed by atoms with Crippen LogP contribution in [0, 0.1) is 18.8 Å². The average molecular weight is 814 g/mol. The van der Waals surface area contributed by atoms with Gasteiger partial charge in [-0.25, -0.2) is 4.79 Å². The first-order valence-corrected chi connectivity index (χ1v) is 20.5. The number of benzene rings is 2. The van der Waals surface area contributed by atoms with Crippen LogP contribution in [-0.4, -0.2) is 96.7 Å². The van der Waals surface area contributed by atoms with E-state index in [0.29, 0.717) is 19.6 Å². The summed E-state index contributed by atoms with van der Waals surface area (Å²) < 4.78 is 25.0. The lowest BCUT2D eigenvalue weighted by molar-refractivity contribution is -0.154. The Morgan fingerprint density at radius 1 is 0.797 bits per heavy atom. The number of hydrogen-bond donors (Lipinski definition) is 0. The zero-order valence-corrected chi connectivity index (χ0v) is 35.8. The molecule has 2 bridgehead atoms. The van der Waals surface area contributed by atoms with Gasteiger partial charge in [0.15, 0.2) is 0 Å². The fraction of sp³-hybridized carbons (Fsp3) is 0.545. The van der Waals surface area contributed by atoms with Gasteiger partial charge in [0.25, 0.3) is 0 Å². The van der Waals surface area contributed by atoms with Gasteiger partial charge in [-0.2, -0.15) is 0 Å². The van der Waals surface area contributed by atoms with Crippen LogP contribution in [0.5, 0.6) is 0 Å². The molecule has 318 valence electrons. The van der Waals surface area contributed by atoms with E-state index in [1.54, 1.807) is 9.36 Å². The summed E-state index contributed by atoms with van der Waals surface area (Å²) in [7, 11) is 1.84. The number of unbranched alkanes of at least 4 members (excludes halogenated alkanes) is 1. The second-order valence-corrected chi connectivity index (χ2v) is 15.9. The number of imide groups is 1. The molecule has 4 aromatic rings. The van der Waals surface area contributed by atoms with E-state index in [1.807, 2.05) is 123 Å². The Bertz CT molecular complexity index is 2010. The van der Waals surface area contributed by atoms with Gasteiger partial charge >= 0.3 is 11.9 Å². The zero-order valence-electron chi connectivity index (χ0n) is 35.8. The number of aromatic nitrogens is 6. The van der Waals surface area contributed by atoms with Crippen LogP contribution in [0.2, 0.25) is 0 Å². The Kier molecular flexibility index (Phi) is 15.3. The quantitative estimate of drug-likeness (QED) is 0.0844. The summed E-state index contributed by atoms with van der Waals surface area (Å²) >= 11 is 0. The Labute approximate surface area is 346 Å². The first kappa shape index (κ1) is 44.8. The summed E-state index contributed by atoms with van der Waals surface area (Å²) in [4.78, 5) is 52.1. The molecule has 2 atom stereocenters. The number of nitrogens with zero attached hydrogens (tertiary/aromatic N) is 7. The number of rotatable bonds is 15. The smallest absolute Gasteiger partial charge is 0.332 e. The third-order valence-electron chi connectivity index (χ3n) is 10.5. The molecule has 1 saturated heterocycles. The minimum absolute atomic E-state index is 0.00816. The van der Waals surface area contributed by atoms with Crippen molar-refractivity contribution in [1.29, 1.82) is 0 Å². The largest absolute Gasteiger partial charge is 0.463 e. The number of amides is 2. The van der Waals surface area contributed by atoms with E-state index >= 15 is 0 Å². The highest BCUT2D eigenvalue weighted by atomic mass is 16.6. The Balaban J connectivity index is 0.000000203. The molecule has 15 heteroatoms. The highest BCUT2D eigenvalue weighted by Gasteiger charge is 2.68. The maximum Gasteiger partial charge on any atom is 0.332 e. The van der Waals surface area contributed by atoms with Gasteiger partial charge in [-0.15, -0.1) is 10.2 Å². The van der Waals surface area contributed by atoms with E-state index in [2.05, 4.69) is 20.6 Å². The predicted molar refractivity (Wildman–Crippen MR) is 218 cm³/mol. The number of hydrogen-bond acceptors (Lipinski definition) is 12. The van der Waals surface area contributed by atoms with E-state index in [1.165, 1.54) is 4.90 Å². The molecule has 1 fully saturated rings. The predicted octanol–water partition coefficient (Wildman–Crippen LogP) is 5.47. The summed E-state index contributed by atoms with van der Waals surface area (Å²) in [5.41, 5.74) is 4.92. The van der Waals surface area contributed by atoms with Crippen LogP contribution in [0.3, 0.4) is 0 Å². The van der Waals surface area contributed by atoms with Crippen molar-refractivity contribution in [3.8, 4) is 0 Å². The lowest BCUT2D eigenvalue weighted by Gasteiger charge is -2.53. The Hall–Kier alpha value is -5.28. The number of aryl methyl sites for hydroxylation is 3. The minimum atomic E-state index is -0.906. The van der Waals surface area contributed by atoms with Crippen molar-refractivity contribution in [3.05, 3.63) is 94.6 Å². The van der Waals surface area contributed by atoms with Crippen molar-refractivity contribution in [3.63, 3.8) is 0 Å². The van der Waals surface area contributed by atoms with Gasteiger partial charge < -0.3 is 18.9 Å². The second-order valence-electron chi connectivity index (χ2n) is 15.9. The number of carbonyl (C=O) groups excluding carboxylic acids is 4. The Morgan fingerprint density at radius 3 is 1.98 bits per heavy atom. The van der Waals surface area contributed by atoms with Crippen molar-refractivity contribution in [2.45, 2.75) is 117 Å². The van der Waals surface area contributed by atoms with Gasteiger partial charge in [0.2, 0.25) is 11.8 Å². The van der Waals surface area contributed by atoms with Crippen molar-refractivity contribution >= 4 is 23.8 Å². The molecule has 3 heterocycles. The fourth-order valence-electron chi connectivity index (χ4n) is 8.10. The molecule has 0 saturated carbocycles. The SMILES string of the molecule is CC(C)OCc1cn(C)nn1.CCN1C(=O)C2C3c4ccccc4C(COC(=O)COC(C)C)(c4ccccc43)C2C1=O.Cc1cn(CCCCC(=O)OC(C)C)nn1. The summed E-state index contributed by atoms with van der Waals surface area (Å²) in [6, 6.07) is 15.9. The molecule has 0 radical (unpaired) electrons.